The van der Waals surface area contributed by atoms with E-state index in [0.29, 0.717) is 24.5 Å². The van der Waals surface area contributed by atoms with Gasteiger partial charge in [0.25, 0.3) is 11.7 Å². The molecule has 1 fully saturated rings. The predicted molar refractivity (Wildman–Crippen MR) is 102 cm³/mol. The number of carbonyl (C=O) groups is 2. The smallest absolute Gasteiger partial charge is 0.295 e. The Morgan fingerprint density at radius 1 is 1.18 bits per heavy atom. The van der Waals surface area contributed by atoms with Gasteiger partial charge in [-0.2, -0.15) is 0 Å². The van der Waals surface area contributed by atoms with Crippen LogP contribution >= 0.6 is 0 Å². The lowest BCUT2D eigenvalue weighted by atomic mass is 9.99. The van der Waals surface area contributed by atoms with Gasteiger partial charge in [-0.05, 0) is 70.4 Å². The molecule has 1 saturated heterocycles. The molecule has 0 aliphatic carbocycles. The summed E-state index contributed by atoms with van der Waals surface area (Å²) in [6, 6.07) is 7.74. The number of carbonyl (C=O) groups excluding carboxylic acids is 2. The van der Waals surface area contributed by atoms with Gasteiger partial charge in [0, 0.05) is 12.1 Å². The van der Waals surface area contributed by atoms with E-state index in [1.54, 1.807) is 19.1 Å². The molecule has 0 saturated carbocycles. The van der Waals surface area contributed by atoms with Crippen molar-refractivity contribution in [3.05, 3.63) is 64.9 Å². The van der Waals surface area contributed by atoms with Gasteiger partial charge in [0.15, 0.2) is 0 Å². The molecular weight excluding hydrogens is 363 g/mol. The number of furan rings is 1. The van der Waals surface area contributed by atoms with Crippen molar-refractivity contribution in [1.82, 2.24) is 9.80 Å². The van der Waals surface area contributed by atoms with Crippen molar-refractivity contribution in [2.45, 2.75) is 19.4 Å². The third-order valence-electron chi connectivity index (χ3n) is 4.69. The molecule has 1 aliphatic rings. The Kier molecular flexibility index (Phi) is 5.65. The van der Waals surface area contributed by atoms with Gasteiger partial charge in [0.2, 0.25) is 0 Å². The summed E-state index contributed by atoms with van der Waals surface area (Å²) in [5, 5.41) is 10.8. The van der Waals surface area contributed by atoms with Gasteiger partial charge < -0.3 is 19.3 Å². The van der Waals surface area contributed by atoms with Crippen molar-refractivity contribution >= 4 is 17.4 Å². The molecule has 1 amide bonds. The molecule has 1 aliphatic heterocycles. The minimum atomic E-state index is -0.819. The minimum absolute atomic E-state index is 0.0455. The molecule has 28 heavy (non-hydrogen) atoms. The summed E-state index contributed by atoms with van der Waals surface area (Å²) < 4.78 is 18.9. The highest BCUT2D eigenvalue weighted by atomic mass is 19.1. The molecule has 1 atom stereocenters. The molecule has 2 heterocycles. The second-order valence-corrected chi connectivity index (χ2v) is 7.10. The second-order valence-electron chi connectivity index (χ2n) is 7.10. The van der Waals surface area contributed by atoms with Crippen LogP contribution in [-0.2, 0) is 9.59 Å². The molecule has 148 valence electrons. The second kappa shape index (κ2) is 7.98. The highest BCUT2D eigenvalue weighted by Gasteiger charge is 2.47. The van der Waals surface area contributed by atoms with Crippen molar-refractivity contribution in [1.29, 1.82) is 0 Å². The Hall–Kier alpha value is -2.93. The van der Waals surface area contributed by atoms with E-state index in [9.17, 15) is 19.1 Å². The number of Topliss-reactive ketones (excluding diaryl/α,β-unsaturated/α-hetero) is 1. The van der Waals surface area contributed by atoms with E-state index >= 15 is 0 Å². The summed E-state index contributed by atoms with van der Waals surface area (Å²) >= 11 is 0. The standard InChI is InChI=1S/C21H23FN2O4/c1-13-5-10-16(28-13)18-17(19(25)14-6-8-15(22)9-7-14)20(26)21(27)24(18)12-4-11-23(2)3/h5-10,18,25H,4,11-12H2,1-3H3. The lowest BCUT2D eigenvalue weighted by molar-refractivity contribution is -0.140. The highest BCUT2D eigenvalue weighted by Crippen LogP contribution is 2.40. The summed E-state index contributed by atoms with van der Waals surface area (Å²) in [6.07, 6.45) is 0.660. The average Bonchev–Trinajstić information content (AvgIpc) is 3.18. The Balaban J connectivity index is 2.05. The Morgan fingerprint density at radius 2 is 1.86 bits per heavy atom. The van der Waals surface area contributed by atoms with Gasteiger partial charge in [-0.1, -0.05) is 0 Å². The zero-order valence-electron chi connectivity index (χ0n) is 16.1. The van der Waals surface area contributed by atoms with Crippen molar-refractivity contribution in [2.75, 3.05) is 27.2 Å². The number of aliphatic hydroxyl groups is 1. The number of aliphatic hydroxyl groups excluding tert-OH is 1. The summed E-state index contributed by atoms with van der Waals surface area (Å²) in [5.74, 6) is -1.21. The number of ketones is 1. The first-order valence-electron chi connectivity index (χ1n) is 9.05. The molecular formula is C21H23FN2O4. The maximum Gasteiger partial charge on any atom is 0.295 e. The number of amides is 1. The SMILES string of the molecule is Cc1ccc(C2C(=C(O)c3ccc(F)cc3)C(=O)C(=O)N2CCCN(C)C)o1. The van der Waals surface area contributed by atoms with Gasteiger partial charge in [-0.25, -0.2) is 4.39 Å². The number of benzene rings is 1. The van der Waals surface area contributed by atoms with Crippen LogP contribution in [0.4, 0.5) is 4.39 Å². The first kappa shape index (κ1) is 19.8. The largest absolute Gasteiger partial charge is 0.507 e. The summed E-state index contributed by atoms with van der Waals surface area (Å²) in [4.78, 5) is 28.9. The van der Waals surface area contributed by atoms with Crippen LogP contribution in [0.15, 0.2) is 46.4 Å². The summed E-state index contributed by atoms with van der Waals surface area (Å²) in [5.41, 5.74) is 0.219. The molecule has 2 aromatic rings. The number of rotatable bonds is 6. The average molecular weight is 386 g/mol. The van der Waals surface area contributed by atoms with Crippen molar-refractivity contribution in [2.24, 2.45) is 0 Å². The molecule has 6 nitrogen and oxygen atoms in total. The fourth-order valence-corrected chi connectivity index (χ4v) is 3.33. The van der Waals surface area contributed by atoms with Crippen LogP contribution in [-0.4, -0.2) is 53.8 Å². The van der Waals surface area contributed by atoms with Crippen LogP contribution < -0.4 is 0 Å². The monoisotopic (exact) mass is 386 g/mol. The first-order valence-corrected chi connectivity index (χ1v) is 9.05. The van der Waals surface area contributed by atoms with E-state index in [1.165, 1.54) is 29.2 Å². The molecule has 1 unspecified atom stereocenters. The van der Waals surface area contributed by atoms with Crippen LogP contribution in [0.2, 0.25) is 0 Å². The Bertz CT molecular complexity index is 915. The number of likely N-dealkylation sites (tertiary alicyclic amines) is 1. The minimum Gasteiger partial charge on any atom is -0.507 e. The van der Waals surface area contributed by atoms with E-state index in [4.69, 9.17) is 4.42 Å². The zero-order valence-corrected chi connectivity index (χ0v) is 16.1. The van der Waals surface area contributed by atoms with Gasteiger partial charge in [0.1, 0.15) is 29.1 Å². The maximum absolute atomic E-state index is 13.2. The van der Waals surface area contributed by atoms with Gasteiger partial charge >= 0.3 is 0 Å². The molecule has 1 N–H and O–H groups in total. The van der Waals surface area contributed by atoms with Crippen molar-refractivity contribution in [3.8, 4) is 0 Å². The van der Waals surface area contributed by atoms with Gasteiger partial charge in [-0.15, -0.1) is 0 Å². The number of halogens is 1. The lowest BCUT2D eigenvalue weighted by Gasteiger charge is -2.24. The lowest BCUT2D eigenvalue weighted by Crippen LogP contribution is -2.32. The molecule has 3 rings (SSSR count). The Labute approximate surface area is 162 Å². The quantitative estimate of drug-likeness (QED) is 0.469. The highest BCUT2D eigenvalue weighted by molar-refractivity contribution is 6.46. The molecule has 0 spiro atoms. The zero-order chi connectivity index (χ0) is 20.4. The summed E-state index contributed by atoms with van der Waals surface area (Å²) in [6.45, 7) is 2.85. The predicted octanol–water partition coefficient (Wildman–Crippen LogP) is 3.10. The van der Waals surface area contributed by atoms with E-state index in [-0.39, 0.29) is 16.9 Å². The van der Waals surface area contributed by atoms with E-state index in [0.717, 1.165) is 6.54 Å². The van der Waals surface area contributed by atoms with E-state index in [1.807, 2.05) is 19.0 Å². The molecule has 1 aromatic heterocycles. The Morgan fingerprint density at radius 3 is 2.43 bits per heavy atom. The molecule has 0 radical (unpaired) electrons. The van der Waals surface area contributed by atoms with Crippen molar-refractivity contribution in [3.63, 3.8) is 0 Å². The molecule has 1 aromatic carbocycles. The van der Waals surface area contributed by atoms with Gasteiger partial charge in [0.05, 0.1) is 5.57 Å². The van der Waals surface area contributed by atoms with Crippen LogP contribution in [0.25, 0.3) is 5.76 Å². The number of hydrogen-bond donors (Lipinski definition) is 1. The fourth-order valence-electron chi connectivity index (χ4n) is 3.33. The molecule has 7 heteroatoms. The third kappa shape index (κ3) is 3.84. The number of aryl methyl sites for hydroxylation is 1. The number of hydrogen-bond acceptors (Lipinski definition) is 5. The van der Waals surface area contributed by atoms with Crippen LogP contribution in [0, 0.1) is 12.7 Å². The van der Waals surface area contributed by atoms with Crippen LogP contribution in [0.5, 0.6) is 0 Å². The van der Waals surface area contributed by atoms with Crippen LogP contribution in [0.3, 0.4) is 0 Å². The maximum atomic E-state index is 13.2. The van der Waals surface area contributed by atoms with Crippen LogP contribution in [0.1, 0.15) is 29.5 Å². The normalized spacial score (nSPS) is 19.0. The van der Waals surface area contributed by atoms with E-state index in [2.05, 4.69) is 0 Å². The van der Waals surface area contributed by atoms with Crippen molar-refractivity contribution < 1.29 is 23.5 Å². The van der Waals surface area contributed by atoms with E-state index < -0.39 is 23.5 Å². The fraction of sp³-hybridized carbons (Fsp3) is 0.333. The topological polar surface area (TPSA) is 74.0 Å². The third-order valence-corrected chi connectivity index (χ3v) is 4.69. The summed E-state index contributed by atoms with van der Waals surface area (Å²) in [7, 11) is 3.85. The number of nitrogens with zero attached hydrogens (tertiary/aromatic N) is 2. The first-order chi connectivity index (χ1) is 13.3. The molecule has 0 bridgehead atoms. The van der Waals surface area contributed by atoms with Gasteiger partial charge in [-0.3, -0.25) is 9.59 Å².